The normalized spacial score (nSPS) is 16.9. The van der Waals surface area contributed by atoms with Crippen LogP contribution in [0.4, 0.5) is 23.1 Å². The molecule has 0 radical (unpaired) electrons. The van der Waals surface area contributed by atoms with Gasteiger partial charge in [-0.25, -0.2) is 15.0 Å². The van der Waals surface area contributed by atoms with E-state index >= 15 is 0 Å². The molecule has 2 aliphatic rings. The summed E-state index contributed by atoms with van der Waals surface area (Å²) in [5.41, 5.74) is 5.33. The number of pyridine rings is 1. The van der Waals surface area contributed by atoms with Gasteiger partial charge in [-0.05, 0) is 18.6 Å². The SMILES string of the molecule is CNc1cc(C)nc(Nc2cnc(OC)c(N3C4=C(CNCC4)CN3C)c2)n1. The molecule has 2 aliphatic heterocycles. The summed E-state index contributed by atoms with van der Waals surface area (Å²) in [6.07, 6.45) is 2.72. The van der Waals surface area contributed by atoms with Gasteiger partial charge in [0.2, 0.25) is 11.8 Å². The van der Waals surface area contributed by atoms with Crippen molar-refractivity contribution in [2.45, 2.75) is 13.3 Å². The van der Waals surface area contributed by atoms with Gasteiger partial charge in [0.05, 0.1) is 19.0 Å². The zero-order chi connectivity index (χ0) is 19.7. The molecule has 0 amide bonds. The van der Waals surface area contributed by atoms with Crippen molar-refractivity contribution in [1.82, 2.24) is 25.3 Å². The zero-order valence-electron chi connectivity index (χ0n) is 16.7. The second-order valence-electron chi connectivity index (χ2n) is 6.95. The summed E-state index contributed by atoms with van der Waals surface area (Å²) in [6.45, 7) is 4.74. The van der Waals surface area contributed by atoms with Gasteiger partial charge in [-0.3, -0.25) is 5.01 Å². The van der Waals surface area contributed by atoms with Gasteiger partial charge in [0.15, 0.2) is 0 Å². The second-order valence-corrected chi connectivity index (χ2v) is 6.95. The topological polar surface area (TPSA) is 90.5 Å². The number of hydrogen-bond acceptors (Lipinski definition) is 9. The Labute approximate surface area is 164 Å². The smallest absolute Gasteiger partial charge is 0.239 e. The molecule has 0 bridgehead atoms. The van der Waals surface area contributed by atoms with Crippen molar-refractivity contribution in [3.8, 4) is 5.88 Å². The number of methoxy groups -OCH3 is 1. The molecule has 2 aromatic heterocycles. The van der Waals surface area contributed by atoms with Crippen LogP contribution < -0.4 is 25.7 Å². The number of hydrazine groups is 1. The van der Waals surface area contributed by atoms with Crippen molar-refractivity contribution in [2.75, 3.05) is 56.5 Å². The Balaban J connectivity index is 1.69. The second kappa shape index (κ2) is 7.61. The van der Waals surface area contributed by atoms with Crippen LogP contribution in [0.25, 0.3) is 0 Å². The average Bonchev–Trinajstić information content (AvgIpc) is 3.03. The van der Waals surface area contributed by atoms with E-state index in [1.54, 1.807) is 13.3 Å². The molecule has 0 fully saturated rings. The van der Waals surface area contributed by atoms with Crippen LogP contribution in [0.5, 0.6) is 5.88 Å². The van der Waals surface area contributed by atoms with Crippen LogP contribution in [-0.2, 0) is 0 Å². The predicted molar refractivity (Wildman–Crippen MR) is 110 cm³/mol. The number of likely N-dealkylation sites (N-methyl/N-ethyl adjacent to an activating group) is 1. The number of nitrogens with one attached hydrogen (secondary N) is 3. The molecule has 9 nitrogen and oxygen atoms in total. The zero-order valence-corrected chi connectivity index (χ0v) is 16.7. The van der Waals surface area contributed by atoms with Gasteiger partial charge < -0.3 is 20.7 Å². The Morgan fingerprint density at radius 1 is 1.25 bits per heavy atom. The lowest BCUT2D eigenvalue weighted by molar-refractivity contribution is 0.362. The summed E-state index contributed by atoms with van der Waals surface area (Å²) >= 11 is 0. The summed E-state index contributed by atoms with van der Waals surface area (Å²) in [7, 11) is 5.57. The third-order valence-corrected chi connectivity index (χ3v) is 4.92. The fraction of sp³-hybridized carbons (Fsp3) is 0.421. The number of ether oxygens (including phenoxy) is 1. The van der Waals surface area contributed by atoms with E-state index in [-0.39, 0.29) is 0 Å². The quantitative estimate of drug-likeness (QED) is 0.717. The summed E-state index contributed by atoms with van der Waals surface area (Å²) in [5, 5.41) is 14.2. The van der Waals surface area contributed by atoms with Crippen LogP contribution in [0.2, 0.25) is 0 Å². The first-order valence-corrected chi connectivity index (χ1v) is 9.36. The molecule has 148 valence electrons. The minimum atomic E-state index is 0.527. The van der Waals surface area contributed by atoms with Gasteiger partial charge in [0.25, 0.3) is 0 Å². The number of rotatable bonds is 5. The summed E-state index contributed by atoms with van der Waals surface area (Å²) in [6, 6.07) is 3.93. The number of aromatic nitrogens is 3. The monoisotopic (exact) mass is 382 g/mol. The van der Waals surface area contributed by atoms with Crippen LogP contribution in [0, 0.1) is 6.92 Å². The van der Waals surface area contributed by atoms with Crippen molar-refractivity contribution in [1.29, 1.82) is 0 Å². The Hall–Kier alpha value is -2.91. The fourth-order valence-corrected chi connectivity index (χ4v) is 3.71. The van der Waals surface area contributed by atoms with E-state index in [0.29, 0.717) is 11.8 Å². The molecule has 28 heavy (non-hydrogen) atoms. The maximum Gasteiger partial charge on any atom is 0.239 e. The van der Waals surface area contributed by atoms with Crippen LogP contribution in [0.3, 0.4) is 0 Å². The lowest BCUT2D eigenvalue weighted by atomic mass is 10.1. The minimum Gasteiger partial charge on any atom is -0.479 e. The largest absolute Gasteiger partial charge is 0.479 e. The molecule has 3 N–H and O–H groups in total. The van der Waals surface area contributed by atoms with E-state index in [2.05, 4.69) is 48.0 Å². The van der Waals surface area contributed by atoms with Gasteiger partial charge in [-0.2, -0.15) is 4.98 Å². The average molecular weight is 382 g/mol. The summed E-state index contributed by atoms with van der Waals surface area (Å²) in [4.78, 5) is 13.4. The van der Waals surface area contributed by atoms with Crippen molar-refractivity contribution in [2.24, 2.45) is 0 Å². The number of aryl methyl sites for hydroxylation is 1. The minimum absolute atomic E-state index is 0.527. The van der Waals surface area contributed by atoms with E-state index in [1.165, 1.54) is 11.3 Å². The highest BCUT2D eigenvalue weighted by Gasteiger charge is 2.32. The summed E-state index contributed by atoms with van der Waals surface area (Å²) in [5.74, 6) is 1.88. The van der Waals surface area contributed by atoms with Gasteiger partial charge in [-0.15, -0.1) is 0 Å². The first kappa shape index (κ1) is 18.5. The highest BCUT2D eigenvalue weighted by Crippen LogP contribution is 2.38. The van der Waals surface area contributed by atoms with Gasteiger partial charge >= 0.3 is 0 Å². The Morgan fingerprint density at radius 3 is 2.89 bits per heavy atom. The standard InChI is InChI=1S/C19H26N8O/c1-12-7-17(20-2)25-19(23-12)24-14-8-16(18(28-4)22-10-14)27-15-5-6-21-9-13(15)11-26(27)3/h7-8,10,21H,5-6,9,11H2,1-4H3,(H2,20,23,24,25). The lowest BCUT2D eigenvalue weighted by Gasteiger charge is -2.31. The molecular weight excluding hydrogens is 356 g/mol. The lowest BCUT2D eigenvalue weighted by Crippen LogP contribution is -2.35. The third-order valence-electron chi connectivity index (χ3n) is 4.92. The third kappa shape index (κ3) is 3.46. The van der Waals surface area contributed by atoms with E-state index in [0.717, 1.165) is 48.9 Å². The first-order chi connectivity index (χ1) is 13.6. The van der Waals surface area contributed by atoms with Crippen LogP contribution in [0.1, 0.15) is 12.1 Å². The summed E-state index contributed by atoms with van der Waals surface area (Å²) < 4.78 is 5.56. The van der Waals surface area contributed by atoms with E-state index < -0.39 is 0 Å². The fourth-order valence-electron chi connectivity index (χ4n) is 3.71. The molecule has 0 aliphatic carbocycles. The molecule has 4 rings (SSSR count). The van der Waals surface area contributed by atoms with Crippen molar-refractivity contribution >= 4 is 23.1 Å². The molecule has 0 aromatic carbocycles. The maximum atomic E-state index is 5.56. The Bertz CT molecular complexity index is 913. The van der Waals surface area contributed by atoms with E-state index in [1.807, 2.05) is 26.1 Å². The predicted octanol–water partition coefficient (Wildman–Crippen LogP) is 1.89. The first-order valence-electron chi connectivity index (χ1n) is 9.36. The Kier molecular flexibility index (Phi) is 5.01. The molecule has 9 heteroatoms. The molecule has 0 unspecified atom stereocenters. The van der Waals surface area contributed by atoms with E-state index in [9.17, 15) is 0 Å². The number of nitrogens with zero attached hydrogens (tertiary/aromatic N) is 5. The van der Waals surface area contributed by atoms with Crippen LogP contribution in [0.15, 0.2) is 29.6 Å². The van der Waals surface area contributed by atoms with E-state index in [4.69, 9.17) is 4.74 Å². The molecular formula is C19H26N8O. The van der Waals surface area contributed by atoms with Crippen molar-refractivity contribution < 1.29 is 4.74 Å². The highest BCUT2D eigenvalue weighted by molar-refractivity contribution is 5.68. The number of hydrogen-bond donors (Lipinski definition) is 3. The van der Waals surface area contributed by atoms with Crippen LogP contribution in [-0.4, -0.2) is 60.8 Å². The van der Waals surface area contributed by atoms with Crippen molar-refractivity contribution in [3.63, 3.8) is 0 Å². The number of anilines is 4. The van der Waals surface area contributed by atoms with Gasteiger partial charge in [-0.1, -0.05) is 0 Å². The maximum absolute atomic E-state index is 5.56. The molecule has 0 saturated heterocycles. The highest BCUT2D eigenvalue weighted by atomic mass is 16.5. The van der Waals surface area contributed by atoms with Crippen molar-refractivity contribution in [3.05, 3.63) is 35.3 Å². The van der Waals surface area contributed by atoms with Crippen LogP contribution >= 0.6 is 0 Å². The van der Waals surface area contributed by atoms with Gasteiger partial charge in [0.1, 0.15) is 11.5 Å². The molecule has 0 spiro atoms. The van der Waals surface area contributed by atoms with Gasteiger partial charge in [0, 0.05) is 57.6 Å². The molecule has 2 aromatic rings. The molecule has 0 atom stereocenters. The Morgan fingerprint density at radius 2 is 2.11 bits per heavy atom. The molecule has 0 saturated carbocycles. The molecule has 4 heterocycles.